The standard InChI is InChI=1S/C21H31N3O2/c1-2-20(25)24-14-10-17(11-15-24)21(26)22-19-9-5-4-8-18(19)16-23-12-6-3-7-13-23/h4-5,8-9,17H,2-3,6-7,10-16H2,1H3,(H,22,26). The van der Waals surface area contributed by atoms with Crippen molar-refractivity contribution in [2.24, 2.45) is 5.92 Å². The molecule has 0 saturated carbocycles. The van der Waals surface area contributed by atoms with Crippen LogP contribution >= 0.6 is 0 Å². The predicted octanol–water partition coefficient (Wildman–Crippen LogP) is 3.26. The quantitative estimate of drug-likeness (QED) is 0.880. The van der Waals surface area contributed by atoms with Crippen LogP contribution in [0.4, 0.5) is 5.69 Å². The second kappa shape index (κ2) is 9.17. The third-order valence-corrected chi connectivity index (χ3v) is 5.64. The molecular weight excluding hydrogens is 326 g/mol. The molecule has 142 valence electrons. The first-order chi connectivity index (χ1) is 12.7. The monoisotopic (exact) mass is 357 g/mol. The summed E-state index contributed by atoms with van der Waals surface area (Å²) in [5.74, 6) is 0.286. The molecule has 2 amide bonds. The third kappa shape index (κ3) is 4.85. The molecular formula is C21H31N3O2. The Morgan fingerprint density at radius 1 is 1.04 bits per heavy atom. The van der Waals surface area contributed by atoms with Gasteiger partial charge >= 0.3 is 0 Å². The van der Waals surface area contributed by atoms with Gasteiger partial charge in [-0.2, -0.15) is 0 Å². The Kier molecular flexibility index (Phi) is 6.67. The van der Waals surface area contributed by atoms with Crippen molar-refractivity contribution in [1.82, 2.24) is 9.80 Å². The maximum absolute atomic E-state index is 12.7. The molecule has 5 nitrogen and oxygen atoms in total. The first kappa shape index (κ1) is 18.9. The smallest absolute Gasteiger partial charge is 0.227 e. The van der Waals surface area contributed by atoms with Crippen LogP contribution in [-0.2, 0) is 16.1 Å². The molecule has 0 aromatic heterocycles. The summed E-state index contributed by atoms with van der Waals surface area (Å²) in [5, 5.41) is 3.16. The van der Waals surface area contributed by atoms with E-state index in [0.717, 1.165) is 38.2 Å². The summed E-state index contributed by atoms with van der Waals surface area (Å²) >= 11 is 0. The topological polar surface area (TPSA) is 52.7 Å². The maximum Gasteiger partial charge on any atom is 0.227 e. The van der Waals surface area contributed by atoms with Crippen molar-refractivity contribution in [3.63, 3.8) is 0 Å². The molecule has 2 aliphatic heterocycles. The molecule has 2 heterocycles. The van der Waals surface area contributed by atoms with Crippen molar-refractivity contribution >= 4 is 17.5 Å². The van der Waals surface area contributed by atoms with Gasteiger partial charge in [0.1, 0.15) is 0 Å². The molecule has 2 fully saturated rings. The molecule has 5 heteroatoms. The summed E-state index contributed by atoms with van der Waals surface area (Å²) in [4.78, 5) is 28.9. The predicted molar refractivity (Wildman–Crippen MR) is 104 cm³/mol. The van der Waals surface area contributed by atoms with Gasteiger partial charge < -0.3 is 10.2 Å². The summed E-state index contributed by atoms with van der Waals surface area (Å²) in [6.07, 6.45) is 5.92. The number of benzene rings is 1. The second-order valence-electron chi connectivity index (χ2n) is 7.49. The molecule has 2 saturated heterocycles. The van der Waals surface area contributed by atoms with Crippen molar-refractivity contribution < 1.29 is 9.59 Å². The number of nitrogens with one attached hydrogen (secondary N) is 1. The zero-order chi connectivity index (χ0) is 18.4. The van der Waals surface area contributed by atoms with Crippen LogP contribution in [0.1, 0.15) is 51.0 Å². The minimum absolute atomic E-state index is 0.000973. The van der Waals surface area contributed by atoms with Gasteiger partial charge in [-0.05, 0) is 50.4 Å². The molecule has 26 heavy (non-hydrogen) atoms. The minimum Gasteiger partial charge on any atom is -0.343 e. The Labute approximate surface area is 156 Å². The van der Waals surface area contributed by atoms with E-state index < -0.39 is 0 Å². The lowest BCUT2D eigenvalue weighted by molar-refractivity contribution is -0.134. The fourth-order valence-corrected chi connectivity index (χ4v) is 3.99. The first-order valence-electron chi connectivity index (χ1n) is 10.1. The number of anilines is 1. The van der Waals surface area contributed by atoms with E-state index >= 15 is 0 Å². The summed E-state index contributed by atoms with van der Waals surface area (Å²) in [6, 6.07) is 8.15. The van der Waals surface area contributed by atoms with Crippen LogP contribution in [0, 0.1) is 5.92 Å². The molecule has 0 radical (unpaired) electrons. The molecule has 0 unspecified atom stereocenters. The highest BCUT2D eigenvalue weighted by molar-refractivity contribution is 5.93. The SMILES string of the molecule is CCC(=O)N1CCC(C(=O)Nc2ccccc2CN2CCCCC2)CC1. The van der Waals surface area contributed by atoms with Gasteiger partial charge in [0.05, 0.1) is 0 Å². The van der Waals surface area contributed by atoms with Crippen LogP contribution in [0.5, 0.6) is 0 Å². The van der Waals surface area contributed by atoms with Crippen LogP contribution in [0.3, 0.4) is 0 Å². The molecule has 0 bridgehead atoms. The van der Waals surface area contributed by atoms with E-state index in [1.54, 1.807) is 0 Å². The summed E-state index contributed by atoms with van der Waals surface area (Å²) in [5.41, 5.74) is 2.14. The average Bonchev–Trinajstić information content (AvgIpc) is 2.69. The second-order valence-corrected chi connectivity index (χ2v) is 7.49. The summed E-state index contributed by atoms with van der Waals surface area (Å²) < 4.78 is 0. The number of hydrogen-bond acceptors (Lipinski definition) is 3. The fraction of sp³-hybridized carbons (Fsp3) is 0.619. The van der Waals surface area contributed by atoms with E-state index in [4.69, 9.17) is 0 Å². The molecule has 1 aromatic carbocycles. The third-order valence-electron chi connectivity index (χ3n) is 5.64. The number of hydrogen-bond donors (Lipinski definition) is 1. The van der Waals surface area contributed by atoms with Gasteiger partial charge in [-0.25, -0.2) is 0 Å². The van der Waals surface area contributed by atoms with Gasteiger partial charge in [-0.3, -0.25) is 14.5 Å². The summed E-state index contributed by atoms with van der Waals surface area (Å²) in [7, 11) is 0. The zero-order valence-corrected chi connectivity index (χ0v) is 15.9. The van der Waals surface area contributed by atoms with Crippen LogP contribution in [-0.4, -0.2) is 47.8 Å². The minimum atomic E-state index is -0.000973. The van der Waals surface area contributed by atoms with Crippen molar-refractivity contribution in [1.29, 1.82) is 0 Å². The molecule has 1 N–H and O–H groups in total. The van der Waals surface area contributed by atoms with Gasteiger partial charge in [0.15, 0.2) is 0 Å². The molecule has 2 aliphatic rings. The van der Waals surface area contributed by atoms with Gasteiger partial charge in [0.25, 0.3) is 0 Å². The molecule has 1 aromatic rings. The van der Waals surface area contributed by atoms with Crippen LogP contribution in [0.2, 0.25) is 0 Å². The molecule has 0 spiro atoms. The Morgan fingerprint density at radius 3 is 2.42 bits per heavy atom. The Bertz CT molecular complexity index is 617. The lowest BCUT2D eigenvalue weighted by Gasteiger charge is -2.31. The average molecular weight is 357 g/mol. The van der Waals surface area contributed by atoms with Crippen LogP contribution < -0.4 is 5.32 Å². The van der Waals surface area contributed by atoms with E-state index in [2.05, 4.69) is 16.3 Å². The number of piperidine rings is 2. The highest BCUT2D eigenvalue weighted by atomic mass is 16.2. The molecule has 0 aliphatic carbocycles. The van der Waals surface area contributed by atoms with Crippen molar-refractivity contribution in [3.05, 3.63) is 29.8 Å². The van der Waals surface area contributed by atoms with Gasteiger partial charge in [-0.1, -0.05) is 31.5 Å². The van der Waals surface area contributed by atoms with E-state index in [1.165, 1.54) is 24.8 Å². The van der Waals surface area contributed by atoms with E-state index in [-0.39, 0.29) is 17.7 Å². The number of likely N-dealkylation sites (tertiary alicyclic amines) is 2. The lowest BCUT2D eigenvalue weighted by Crippen LogP contribution is -2.41. The number of carbonyl (C=O) groups is 2. The summed E-state index contributed by atoms with van der Waals surface area (Å²) in [6.45, 7) is 6.47. The maximum atomic E-state index is 12.7. The van der Waals surface area contributed by atoms with Crippen molar-refractivity contribution in [3.8, 4) is 0 Å². The highest BCUT2D eigenvalue weighted by Crippen LogP contribution is 2.23. The Balaban J connectivity index is 1.57. The van der Waals surface area contributed by atoms with E-state index in [9.17, 15) is 9.59 Å². The van der Waals surface area contributed by atoms with Crippen LogP contribution in [0.15, 0.2) is 24.3 Å². The molecule has 3 rings (SSSR count). The lowest BCUT2D eigenvalue weighted by atomic mass is 9.95. The van der Waals surface area contributed by atoms with E-state index in [1.807, 2.05) is 30.0 Å². The number of rotatable bonds is 5. The van der Waals surface area contributed by atoms with Crippen LogP contribution in [0.25, 0.3) is 0 Å². The Morgan fingerprint density at radius 2 is 1.73 bits per heavy atom. The van der Waals surface area contributed by atoms with Crippen molar-refractivity contribution in [2.45, 2.75) is 52.0 Å². The Hall–Kier alpha value is -1.88. The van der Waals surface area contributed by atoms with Gasteiger partial charge in [-0.15, -0.1) is 0 Å². The van der Waals surface area contributed by atoms with Gasteiger partial charge in [0, 0.05) is 37.7 Å². The fourth-order valence-electron chi connectivity index (χ4n) is 3.99. The first-order valence-corrected chi connectivity index (χ1v) is 10.1. The normalized spacial score (nSPS) is 19.3. The number of para-hydroxylation sites is 1. The number of carbonyl (C=O) groups excluding carboxylic acids is 2. The number of amides is 2. The number of nitrogens with zero attached hydrogens (tertiary/aromatic N) is 2. The largest absolute Gasteiger partial charge is 0.343 e. The van der Waals surface area contributed by atoms with E-state index in [0.29, 0.717) is 19.5 Å². The molecule has 0 atom stereocenters. The highest BCUT2D eigenvalue weighted by Gasteiger charge is 2.27. The van der Waals surface area contributed by atoms with Gasteiger partial charge in [0.2, 0.25) is 11.8 Å². The van der Waals surface area contributed by atoms with Crippen molar-refractivity contribution in [2.75, 3.05) is 31.5 Å². The zero-order valence-electron chi connectivity index (χ0n) is 15.9.